The van der Waals surface area contributed by atoms with E-state index in [1.54, 1.807) is 55.5 Å². The molecule has 34 heavy (non-hydrogen) atoms. The van der Waals surface area contributed by atoms with Crippen molar-refractivity contribution < 1.29 is 22.7 Å². The zero-order valence-corrected chi connectivity index (χ0v) is 21.6. The topological polar surface area (TPSA) is 88.2 Å². The highest BCUT2D eigenvalue weighted by molar-refractivity contribution is 7.92. The minimum atomic E-state index is -3.81. The van der Waals surface area contributed by atoms with Gasteiger partial charge >= 0.3 is 0 Å². The maximum Gasteiger partial charge on any atom is 0.261 e. The van der Waals surface area contributed by atoms with Crippen LogP contribution in [0.15, 0.2) is 47.4 Å². The highest BCUT2D eigenvalue weighted by Crippen LogP contribution is 2.27. The summed E-state index contributed by atoms with van der Waals surface area (Å²) in [5.74, 6) is 0.347. The molecule has 1 heterocycles. The van der Waals surface area contributed by atoms with Crippen molar-refractivity contribution in [3.63, 3.8) is 0 Å². The number of nitrogens with one attached hydrogen (secondary N) is 1. The van der Waals surface area contributed by atoms with Crippen LogP contribution < -0.4 is 9.46 Å². The van der Waals surface area contributed by atoms with Crippen molar-refractivity contribution >= 4 is 21.6 Å². The van der Waals surface area contributed by atoms with Gasteiger partial charge in [-0.15, -0.1) is 0 Å². The molecule has 0 unspecified atom stereocenters. The molecule has 0 saturated carbocycles. The molecule has 1 aliphatic rings. The Kier molecular flexibility index (Phi) is 8.22. The van der Waals surface area contributed by atoms with Crippen LogP contribution >= 0.6 is 0 Å². The highest BCUT2D eigenvalue weighted by Gasteiger charge is 2.27. The van der Waals surface area contributed by atoms with Crippen LogP contribution in [0.25, 0.3) is 0 Å². The summed E-state index contributed by atoms with van der Waals surface area (Å²) in [4.78, 5) is 17.4. The number of hydrogen-bond donors (Lipinski definition) is 1. The SMILES string of the molecule is CO[C@@H]1CN(C)C(=O)c2cc(NS(=O)(=O)c3ccc(C)cc3)ccc2OC[C@@H](C)N(C)C[C@H]1C. The van der Waals surface area contributed by atoms with Crippen molar-refractivity contribution in [3.8, 4) is 5.75 Å². The number of anilines is 1. The lowest BCUT2D eigenvalue weighted by Crippen LogP contribution is -2.45. The number of fused-ring (bicyclic) bond motifs is 1. The van der Waals surface area contributed by atoms with E-state index in [0.29, 0.717) is 30.2 Å². The van der Waals surface area contributed by atoms with Gasteiger partial charge in [0.1, 0.15) is 12.4 Å². The Balaban J connectivity index is 1.95. The summed E-state index contributed by atoms with van der Waals surface area (Å²) in [6, 6.07) is 11.5. The molecule has 9 heteroatoms. The molecule has 1 N–H and O–H groups in total. The number of methoxy groups -OCH3 is 1. The summed E-state index contributed by atoms with van der Waals surface area (Å²) in [5.41, 5.74) is 1.55. The fourth-order valence-corrected chi connectivity index (χ4v) is 5.00. The van der Waals surface area contributed by atoms with Crippen molar-refractivity contribution in [2.45, 2.75) is 37.8 Å². The van der Waals surface area contributed by atoms with Gasteiger partial charge in [-0.05, 0) is 57.1 Å². The number of aryl methyl sites for hydroxylation is 1. The number of ether oxygens (including phenoxy) is 2. The second-order valence-corrected chi connectivity index (χ2v) is 10.8. The summed E-state index contributed by atoms with van der Waals surface area (Å²) in [5, 5.41) is 0. The molecule has 1 amide bonds. The zero-order chi connectivity index (χ0) is 25.0. The molecule has 2 aromatic carbocycles. The van der Waals surface area contributed by atoms with Crippen molar-refractivity contribution in [2.24, 2.45) is 5.92 Å². The third kappa shape index (κ3) is 6.08. The fourth-order valence-electron chi connectivity index (χ4n) is 3.95. The molecule has 0 bridgehead atoms. The second kappa shape index (κ2) is 10.8. The van der Waals surface area contributed by atoms with Gasteiger partial charge in [-0.2, -0.15) is 0 Å². The van der Waals surface area contributed by atoms with E-state index < -0.39 is 10.0 Å². The Morgan fingerprint density at radius 1 is 1.06 bits per heavy atom. The fraction of sp³-hybridized carbons (Fsp3) is 0.480. The van der Waals surface area contributed by atoms with Crippen LogP contribution in [0.2, 0.25) is 0 Å². The van der Waals surface area contributed by atoms with Crippen LogP contribution in [0.4, 0.5) is 5.69 Å². The molecule has 186 valence electrons. The predicted molar refractivity (Wildman–Crippen MR) is 133 cm³/mol. The Labute approximate surface area is 202 Å². The summed E-state index contributed by atoms with van der Waals surface area (Å²) in [6.45, 7) is 7.66. The van der Waals surface area contributed by atoms with E-state index in [1.807, 2.05) is 14.0 Å². The van der Waals surface area contributed by atoms with Crippen LogP contribution in [0.5, 0.6) is 5.75 Å². The number of carbonyl (C=O) groups is 1. The zero-order valence-electron chi connectivity index (χ0n) is 20.7. The van der Waals surface area contributed by atoms with Gasteiger partial charge in [0, 0.05) is 39.0 Å². The van der Waals surface area contributed by atoms with E-state index >= 15 is 0 Å². The lowest BCUT2D eigenvalue weighted by Gasteiger charge is -2.34. The van der Waals surface area contributed by atoms with Crippen molar-refractivity contribution in [1.82, 2.24) is 9.80 Å². The lowest BCUT2D eigenvalue weighted by molar-refractivity contribution is 0.0150. The van der Waals surface area contributed by atoms with Crippen LogP contribution in [0, 0.1) is 12.8 Å². The molecule has 0 aliphatic carbocycles. The molecule has 3 atom stereocenters. The smallest absolute Gasteiger partial charge is 0.261 e. The molecule has 0 aromatic heterocycles. The molecule has 0 saturated heterocycles. The Hall–Kier alpha value is -2.62. The standard InChI is InChI=1S/C25H35N3O5S/c1-17-7-10-21(11-8-17)34(30,31)26-20-9-12-23-22(13-20)25(29)28(5)15-24(32-6)18(2)14-27(4)19(3)16-33-23/h7-13,18-19,24,26H,14-16H2,1-6H3/t18-,19-,24-/m1/s1. The molecular weight excluding hydrogens is 454 g/mol. The summed E-state index contributed by atoms with van der Waals surface area (Å²) < 4.78 is 40.1. The third-order valence-electron chi connectivity index (χ3n) is 6.34. The first-order valence-electron chi connectivity index (χ1n) is 11.4. The van der Waals surface area contributed by atoms with E-state index in [-0.39, 0.29) is 28.9 Å². The number of sulfonamides is 1. The van der Waals surface area contributed by atoms with Gasteiger partial charge in [0.05, 0.1) is 16.6 Å². The first-order chi connectivity index (χ1) is 16.0. The van der Waals surface area contributed by atoms with Gasteiger partial charge in [-0.25, -0.2) is 8.42 Å². The molecule has 8 nitrogen and oxygen atoms in total. The molecular formula is C25H35N3O5S. The quantitative estimate of drug-likeness (QED) is 0.710. The van der Waals surface area contributed by atoms with Crippen molar-refractivity contribution in [3.05, 3.63) is 53.6 Å². The molecule has 2 aromatic rings. The Morgan fingerprint density at radius 2 is 1.74 bits per heavy atom. The third-order valence-corrected chi connectivity index (χ3v) is 7.74. The first-order valence-corrected chi connectivity index (χ1v) is 12.8. The second-order valence-electron chi connectivity index (χ2n) is 9.17. The largest absolute Gasteiger partial charge is 0.491 e. The molecule has 1 aliphatic heterocycles. The van der Waals surface area contributed by atoms with E-state index in [2.05, 4.69) is 23.5 Å². The van der Waals surface area contributed by atoms with Crippen molar-refractivity contribution in [1.29, 1.82) is 0 Å². The van der Waals surface area contributed by atoms with E-state index in [1.165, 1.54) is 6.07 Å². The Morgan fingerprint density at radius 3 is 2.38 bits per heavy atom. The average molecular weight is 490 g/mol. The van der Waals surface area contributed by atoms with Gasteiger partial charge in [-0.3, -0.25) is 14.4 Å². The minimum absolute atomic E-state index is 0.111. The number of likely N-dealkylation sites (N-methyl/N-ethyl adjacent to an activating group) is 2. The molecule has 0 fully saturated rings. The minimum Gasteiger partial charge on any atom is -0.491 e. The first kappa shape index (κ1) is 26.0. The van der Waals surface area contributed by atoms with Gasteiger partial charge in [-0.1, -0.05) is 24.6 Å². The molecule has 0 radical (unpaired) electrons. The number of amides is 1. The lowest BCUT2D eigenvalue weighted by atomic mass is 10.0. The predicted octanol–water partition coefficient (Wildman–Crippen LogP) is 3.23. The average Bonchev–Trinajstić information content (AvgIpc) is 2.80. The number of rotatable bonds is 4. The summed E-state index contributed by atoms with van der Waals surface area (Å²) in [7, 11) is 1.61. The maximum absolute atomic E-state index is 13.4. The summed E-state index contributed by atoms with van der Waals surface area (Å²) in [6.07, 6.45) is -0.143. The maximum atomic E-state index is 13.4. The number of benzene rings is 2. The van der Waals surface area contributed by atoms with E-state index in [0.717, 1.165) is 12.1 Å². The van der Waals surface area contributed by atoms with Gasteiger partial charge in [0.15, 0.2) is 0 Å². The van der Waals surface area contributed by atoms with Crippen molar-refractivity contribution in [2.75, 3.05) is 45.6 Å². The number of hydrogen-bond acceptors (Lipinski definition) is 6. The van der Waals surface area contributed by atoms with E-state index in [9.17, 15) is 13.2 Å². The van der Waals surface area contributed by atoms with Gasteiger partial charge < -0.3 is 14.4 Å². The molecule has 3 rings (SSSR count). The summed E-state index contributed by atoms with van der Waals surface area (Å²) >= 11 is 0. The van der Waals surface area contributed by atoms with Gasteiger partial charge in [0.2, 0.25) is 0 Å². The van der Waals surface area contributed by atoms with Gasteiger partial charge in [0.25, 0.3) is 15.9 Å². The normalized spacial score (nSPS) is 22.8. The van der Waals surface area contributed by atoms with Crippen LogP contribution in [-0.2, 0) is 14.8 Å². The number of nitrogens with zero attached hydrogens (tertiary/aromatic N) is 2. The highest BCUT2D eigenvalue weighted by atomic mass is 32.2. The Bertz CT molecular complexity index is 1100. The van der Waals surface area contributed by atoms with E-state index in [4.69, 9.17) is 9.47 Å². The van der Waals surface area contributed by atoms with Crippen LogP contribution in [0.1, 0.15) is 29.8 Å². The van der Waals surface area contributed by atoms with Crippen LogP contribution in [-0.4, -0.2) is 77.2 Å². The van der Waals surface area contributed by atoms with Crippen LogP contribution in [0.3, 0.4) is 0 Å². The number of carbonyl (C=O) groups excluding carboxylic acids is 1. The molecule has 0 spiro atoms. The monoisotopic (exact) mass is 489 g/mol.